The lowest BCUT2D eigenvalue weighted by molar-refractivity contribution is 0.400. The number of phenolic OH excluding ortho intramolecular Hbond substituents is 1. The maximum Gasteiger partial charge on any atom is 0.201 e. The van der Waals surface area contributed by atoms with Crippen LogP contribution in [0.4, 0.5) is 14.6 Å². The van der Waals surface area contributed by atoms with Gasteiger partial charge in [-0.15, -0.1) is 0 Å². The highest BCUT2D eigenvalue weighted by atomic mass is 19.2. The molecular weight excluding hydrogens is 206 g/mol. The van der Waals surface area contributed by atoms with Crippen molar-refractivity contribution in [1.82, 2.24) is 5.16 Å². The van der Waals surface area contributed by atoms with E-state index in [-0.39, 0.29) is 17.1 Å². The lowest BCUT2D eigenvalue weighted by Gasteiger charge is -2.01. The molecule has 0 aliphatic heterocycles. The Bertz CT molecular complexity index is 511. The molecule has 4 nitrogen and oxygen atoms in total. The van der Waals surface area contributed by atoms with Gasteiger partial charge in [-0.1, -0.05) is 5.16 Å². The molecule has 6 heteroatoms. The van der Waals surface area contributed by atoms with Crippen LogP contribution < -0.4 is 5.73 Å². The van der Waals surface area contributed by atoms with E-state index < -0.39 is 17.4 Å². The van der Waals surface area contributed by atoms with E-state index in [4.69, 9.17) is 10.3 Å². The number of hydrogen-bond donors (Lipinski definition) is 2. The van der Waals surface area contributed by atoms with Crippen molar-refractivity contribution in [2.75, 3.05) is 5.73 Å². The van der Waals surface area contributed by atoms with Crippen LogP contribution in [0.2, 0.25) is 0 Å². The Kier molecular flexibility index (Phi) is 2.03. The van der Waals surface area contributed by atoms with Crippen molar-refractivity contribution in [1.29, 1.82) is 0 Å². The number of phenols is 1. The van der Waals surface area contributed by atoms with Gasteiger partial charge in [0.1, 0.15) is 0 Å². The van der Waals surface area contributed by atoms with Gasteiger partial charge in [-0.05, 0) is 12.1 Å². The van der Waals surface area contributed by atoms with Crippen molar-refractivity contribution in [2.24, 2.45) is 0 Å². The van der Waals surface area contributed by atoms with Gasteiger partial charge in [0.25, 0.3) is 0 Å². The second-order valence-electron chi connectivity index (χ2n) is 2.87. The van der Waals surface area contributed by atoms with Crippen molar-refractivity contribution in [3.63, 3.8) is 0 Å². The van der Waals surface area contributed by atoms with Gasteiger partial charge in [-0.2, -0.15) is 4.39 Å². The molecule has 0 spiro atoms. The van der Waals surface area contributed by atoms with Gasteiger partial charge in [0.2, 0.25) is 5.82 Å². The summed E-state index contributed by atoms with van der Waals surface area (Å²) in [4.78, 5) is 0. The maximum absolute atomic E-state index is 13.0. The number of aromatic nitrogens is 1. The largest absolute Gasteiger partial charge is 0.504 e. The average Bonchev–Trinajstić information content (AvgIpc) is 2.61. The zero-order chi connectivity index (χ0) is 11.0. The maximum atomic E-state index is 13.0. The van der Waals surface area contributed by atoms with Crippen LogP contribution in [-0.2, 0) is 0 Å². The molecule has 0 aliphatic rings. The van der Waals surface area contributed by atoms with Crippen molar-refractivity contribution in [3.05, 3.63) is 29.8 Å². The first-order valence-electron chi connectivity index (χ1n) is 3.99. The highest BCUT2D eigenvalue weighted by Crippen LogP contribution is 2.33. The average molecular weight is 212 g/mol. The molecule has 0 saturated heterocycles. The minimum atomic E-state index is -1.33. The van der Waals surface area contributed by atoms with Crippen LogP contribution in [0.15, 0.2) is 22.7 Å². The fourth-order valence-corrected chi connectivity index (χ4v) is 1.15. The second kappa shape index (κ2) is 3.23. The van der Waals surface area contributed by atoms with Gasteiger partial charge in [-0.25, -0.2) is 4.39 Å². The van der Waals surface area contributed by atoms with E-state index in [0.717, 1.165) is 6.07 Å². The Balaban J connectivity index is 2.59. The van der Waals surface area contributed by atoms with E-state index in [2.05, 4.69) is 5.16 Å². The molecule has 1 aromatic heterocycles. The van der Waals surface area contributed by atoms with Crippen molar-refractivity contribution >= 4 is 5.82 Å². The molecule has 0 atom stereocenters. The third kappa shape index (κ3) is 1.50. The lowest BCUT2D eigenvalue weighted by Crippen LogP contribution is -1.87. The number of nitrogen functional groups attached to an aromatic ring is 1. The Morgan fingerprint density at radius 2 is 2.07 bits per heavy atom. The molecule has 0 aliphatic carbocycles. The topological polar surface area (TPSA) is 72.3 Å². The molecule has 15 heavy (non-hydrogen) atoms. The van der Waals surface area contributed by atoms with Crippen molar-refractivity contribution < 1.29 is 18.4 Å². The van der Waals surface area contributed by atoms with Crippen LogP contribution >= 0.6 is 0 Å². The lowest BCUT2D eigenvalue weighted by atomic mass is 10.1. The van der Waals surface area contributed by atoms with E-state index in [1.54, 1.807) is 0 Å². The highest BCUT2D eigenvalue weighted by molar-refractivity contribution is 5.67. The zero-order valence-corrected chi connectivity index (χ0v) is 7.37. The first-order valence-corrected chi connectivity index (χ1v) is 3.99. The van der Waals surface area contributed by atoms with Crippen molar-refractivity contribution in [3.8, 4) is 17.1 Å². The number of aromatic hydroxyl groups is 1. The summed E-state index contributed by atoms with van der Waals surface area (Å²) in [5, 5.41) is 12.7. The quantitative estimate of drug-likeness (QED) is 0.757. The Hall–Kier alpha value is -2.11. The molecule has 0 fully saturated rings. The Labute approximate surface area is 82.9 Å². The third-order valence-corrected chi connectivity index (χ3v) is 1.86. The summed E-state index contributed by atoms with van der Waals surface area (Å²) < 4.78 is 30.3. The molecule has 2 aromatic rings. The van der Waals surface area contributed by atoms with E-state index in [1.165, 1.54) is 12.1 Å². The fourth-order valence-electron chi connectivity index (χ4n) is 1.15. The number of nitrogens with zero attached hydrogens (tertiary/aromatic N) is 1. The van der Waals surface area contributed by atoms with Crippen LogP contribution in [0.3, 0.4) is 0 Å². The van der Waals surface area contributed by atoms with Crippen LogP contribution in [0.5, 0.6) is 5.75 Å². The normalized spacial score (nSPS) is 10.5. The molecule has 3 N–H and O–H groups in total. The summed E-state index contributed by atoms with van der Waals surface area (Å²) in [7, 11) is 0. The first-order chi connectivity index (χ1) is 7.09. The van der Waals surface area contributed by atoms with Gasteiger partial charge < -0.3 is 15.4 Å². The number of benzene rings is 1. The number of halogens is 2. The summed E-state index contributed by atoms with van der Waals surface area (Å²) >= 11 is 0. The van der Waals surface area contributed by atoms with E-state index in [9.17, 15) is 13.9 Å². The first kappa shape index (κ1) is 9.45. The van der Waals surface area contributed by atoms with Gasteiger partial charge in [0.05, 0.1) is 5.56 Å². The van der Waals surface area contributed by atoms with Crippen LogP contribution in [-0.4, -0.2) is 10.3 Å². The van der Waals surface area contributed by atoms with E-state index in [0.29, 0.717) is 0 Å². The van der Waals surface area contributed by atoms with Crippen LogP contribution in [0.25, 0.3) is 11.3 Å². The molecule has 1 aromatic carbocycles. The van der Waals surface area contributed by atoms with E-state index >= 15 is 0 Å². The summed E-state index contributed by atoms with van der Waals surface area (Å²) in [5.74, 6) is -3.13. The minimum absolute atomic E-state index is 0.00176. The van der Waals surface area contributed by atoms with Gasteiger partial charge in [-0.3, -0.25) is 0 Å². The Morgan fingerprint density at radius 3 is 2.67 bits per heavy atom. The zero-order valence-electron chi connectivity index (χ0n) is 7.37. The highest BCUT2D eigenvalue weighted by Gasteiger charge is 2.16. The molecule has 0 radical (unpaired) electrons. The molecule has 0 bridgehead atoms. The number of nitrogens with two attached hydrogens (primary N) is 1. The summed E-state index contributed by atoms with van der Waals surface area (Å²) in [6.45, 7) is 0. The van der Waals surface area contributed by atoms with Gasteiger partial charge >= 0.3 is 0 Å². The molecular formula is C9H6F2N2O2. The molecule has 2 rings (SSSR count). The molecule has 0 unspecified atom stereocenters. The number of rotatable bonds is 1. The van der Waals surface area contributed by atoms with Gasteiger partial charge in [0.15, 0.2) is 23.1 Å². The number of hydrogen-bond acceptors (Lipinski definition) is 4. The molecule has 78 valence electrons. The molecule has 0 amide bonds. The summed E-state index contributed by atoms with van der Waals surface area (Å²) in [6, 6.07) is 3.35. The third-order valence-electron chi connectivity index (χ3n) is 1.86. The monoisotopic (exact) mass is 212 g/mol. The van der Waals surface area contributed by atoms with Crippen LogP contribution in [0.1, 0.15) is 0 Å². The summed E-state index contributed by atoms with van der Waals surface area (Å²) in [5.41, 5.74) is 5.28. The predicted octanol–water partition coefficient (Wildman–Crippen LogP) is 1.91. The van der Waals surface area contributed by atoms with E-state index in [1.807, 2.05) is 0 Å². The minimum Gasteiger partial charge on any atom is -0.504 e. The predicted molar refractivity (Wildman–Crippen MR) is 47.9 cm³/mol. The Morgan fingerprint density at radius 1 is 1.33 bits per heavy atom. The second-order valence-corrected chi connectivity index (χ2v) is 2.87. The number of anilines is 1. The standard InChI is InChI=1S/C9H6F2N2O2/c10-5-2-1-4(9(14)8(5)11)6-3-7(12)13-15-6/h1-3,14H,(H2,12,13). The van der Waals surface area contributed by atoms with Gasteiger partial charge in [0, 0.05) is 6.07 Å². The molecule has 0 saturated carbocycles. The summed E-state index contributed by atoms with van der Waals surface area (Å²) in [6.07, 6.45) is 0. The van der Waals surface area contributed by atoms with Crippen LogP contribution in [0, 0.1) is 11.6 Å². The SMILES string of the molecule is Nc1cc(-c2ccc(F)c(F)c2O)on1. The fraction of sp³-hybridized carbons (Fsp3) is 0. The molecule has 1 heterocycles. The van der Waals surface area contributed by atoms with Crippen molar-refractivity contribution in [2.45, 2.75) is 0 Å². The smallest absolute Gasteiger partial charge is 0.201 e.